The van der Waals surface area contributed by atoms with E-state index in [1.165, 1.54) is 6.21 Å². The maximum Gasteiger partial charge on any atom is 0.325 e. The number of benzene rings is 1. The van der Waals surface area contributed by atoms with Crippen LogP contribution in [0.1, 0.15) is 5.56 Å². The Morgan fingerprint density at radius 2 is 2.07 bits per heavy atom. The lowest BCUT2D eigenvalue weighted by Crippen LogP contribution is -1.98. The fourth-order valence-corrected chi connectivity index (χ4v) is 0.910. The maximum atomic E-state index is 10.1. The van der Waals surface area contributed by atoms with Crippen LogP contribution in [0.2, 0.25) is 0 Å². The molecule has 0 amide bonds. The van der Waals surface area contributed by atoms with E-state index >= 15 is 0 Å². The van der Waals surface area contributed by atoms with E-state index in [-0.39, 0.29) is 6.54 Å². The average molecular weight is 189 g/mol. The number of rotatable bonds is 4. The third kappa shape index (κ3) is 4.21. The third-order valence-corrected chi connectivity index (χ3v) is 1.51. The highest BCUT2D eigenvalue weighted by Crippen LogP contribution is 1.99. The zero-order valence-electron chi connectivity index (χ0n) is 7.63. The summed E-state index contributed by atoms with van der Waals surface area (Å²) in [5.41, 5.74) is 1.06. The fourth-order valence-electron chi connectivity index (χ4n) is 0.910. The van der Waals surface area contributed by atoms with Crippen LogP contribution in [-0.4, -0.2) is 23.8 Å². The Kier molecular flexibility index (Phi) is 4.14. The molecule has 0 fully saturated rings. The number of aliphatic carboxylic acids is 1. The number of hydrogen-bond donors (Lipinski definition) is 1. The highest BCUT2D eigenvalue weighted by atomic mass is 16.4. The molecule has 0 atom stereocenters. The molecule has 72 valence electrons. The molecule has 0 unspecified atom stereocenters. The molecule has 0 spiro atoms. The Labute approximate surface area is 82.4 Å². The highest BCUT2D eigenvalue weighted by molar-refractivity contribution is 5.80. The van der Waals surface area contributed by atoms with Gasteiger partial charge in [-0.1, -0.05) is 36.4 Å². The Morgan fingerprint density at radius 3 is 2.71 bits per heavy atom. The minimum absolute atomic E-state index is 0.181. The molecule has 14 heavy (non-hydrogen) atoms. The van der Waals surface area contributed by atoms with Crippen LogP contribution in [0.25, 0.3) is 6.08 Å². The molecule has 0 heterocycles. The van der Waals surface area contributed by atoms with Gasteiger partial charge in [0.15, 0.2) is 0 Å². The van der Waals surface area contributed by atoms with Crippen LogP contribution in [-0.2, 0) is 4.79 Å². The molecular formula is C11H11NO2. The van der Waals surface area contributed by atoms with Crippen molar-refractivity contribution in [1.82, 2.24) is 0 Å². The van der Waals surface area contributed by atoms with Crippen molar-refractivity contribution >= 4 is 18.3 Å². The van der Waals surface area contributed by atoms with Crippen molar-refractivity contribution in [3.63, 3.8) is 0 Å². The largest absolute Gasteiger partial charge is 0.480 e. The molecule has 0 aliphatic rings. The Bertz CT molecular complexity index is 342. The van der Waals surface area contributed by atoms with E-state index in [9.17, 15) is 4.79 Å². The molecule has 1 rings (SSSR count). The van der Waals surface area contributed by atoms with Crippen LogP contribution in [0.3, 0.4) is 0 Å². The summed E-state index contributed by atoms with van der Waals surface area (Å²) in [6.45, 7) is -0.181. The summed E-state index contributed by atoms with van der Waals surface area (Å²) in [5, 5.41) is 8.29. The number of allylic oxidation sites excluding steroid dienone is 1. The van der Waals surface area contributed by atoms with Gasteiger partial charge >= 0.3 is 5.97 Å². The first-order valence-electron chi connectivity index (χ1n) is 4.22. The van der Waals surface area contributed by atoms with Crippen molar-refractivity contribution in [3.05, 3.63) is 42.0 Å². The van der Waals surface area contributed by atoms with E-state index in [0.29, 0.717) is 0 Å². The standard InChI is InChI=1S/C11H11NO2/c13-11(14)9-12-8-4-7-10-5-2-1-3-6-10/h1-8H,9H2,(H,13,14)/b7-4+,12-8?. The second-order valence-corrected chi connectivity index (χ2v) is 2.65. The van der Waals surface area contributed by atoms with Crippen molar-refractivity contribution in [1.29, 1.82) is 0 Å². The molecule has 1 aromatic carbocycles. The van der Waals surface area contributed by atoms with Crippen molar-refractivity contribution in [3.8, 4) is 0 Å². The van der Waals surface area contributed by atoms with E-state index in [4.69, 9.17) is 5.11 Å². The van der Waals surface area contributed by atoms with Crippen molar-refractivity contribution in [2.45, 2.75) is 0 Å². The SMILES string of the molecule is O=C(O)CN=C/C=C/c1ccccc1. The summed E-state index contributed by atoms with van der Waals surface area (Å²) in [6.07, 6.45) is 5.07. The number of aliphatic imine (C=N–C) groups is 1. The molecule has 0 bridgehead atoms. The second-order valence-electron chi connectivity index (χ2n) is 2.65. The molecule has 3 heteroatoms. The topological polar surface area (TPSA) is 49.7 Å². The Hall–Kier alpha value is -1.90. The van der Waals surface area contributed by atoms with Gasteiger partial charge in [-0.25, -0.2) is 0 Å². The fraction of sp³-hybridized carbons (Fsp3) is 0.0909. The quantitative estimate of drug-likeness (QED) is 0.735. The first kappa shape index (κ1) is 10.2. The molecule has 1 N–H and O–H groups in total. The molecule has 0 saturated carbocycles. The Balaban J connectivity index is 2.42. The van der Waals surface area contributed by atoms with Crippen molar-refractivity contribution < 1.29 is 9.90 Å². The van der Waals surface area contributed by atoms with Crippen molar-refractivity contribution in [2.75, 3.05) is 6.54 Å². The van der Waals surface area contributed by atoms with Crippen LogP contribution in [0.5, 0.6) is 0 Å². The second kappa shape index (κ2) is 5.70. The molecule has 0 aliphatic carbocycles. The van der Waals surface area contributed by atoms with Gasteiger partial charge in [0, 0.05) is 6.21 Å². The predicted octanol–water partition coefficient (Wildman–Crippen LogP) is 1.86. The summed E-state index contributed by atoms with van der Waals surface area (Å²) in [7, 11) is 0. The highest BCUT2D eigenvalue weighted by Gasteiger charge is 1.87. The van der Waals surface area contributed by atoms with Gasteiger partial charge in [-0.05, 0) is 11.6 Å². The van der Waals surface area contributed by atoms with Gasteiger partial charge in [-0.2, -0.15) is 0 Å². The number of carboxylic acids is 1. The molecule has 0 aliphatic heterocycles. The lowest BCUT2D eigenvalue weighted by Gasteiger charge is -1.88. The van der Waals surface area contributed by atoms with Crippen LogP contribution in [0, 0.1) is 0 Å². The van der Waals surface area contributed by atoms with Crippen LogP contribution in [0.4, 0.5) is 0 Å². The number of carbonyl (C=O) groups is 1. The van der Waals surface area contributed by atoms with Gasteiger partial charge < -0.3 is 5.11 Å². The Morgan fingerprint density at radius 1 is 1.36 bits per heavy atom. The maximum absolute atomic E-state index is 10.1. The van der Waals surface area contributed by atoms with Gasteiger partial charge in [0.05, 0.1) is 0 Å². The summed E-state index contributed by atoms with van der Waals surface area (Å²) in [6, 6.07) is 9.74. The first-order valence-corrected chi connectivity index (χ1v) is 4.22. The van der Waals surface area contributed by atoms with Crippen LogP contribution >= 0.6 is 0 Å². The minimum atomic E-state index is -0.922. The molecule has 0 radical (unpaired) electrons. The molecular weight excluding hydrogens is 178 g/mol. The van der Waals surface area contributed by atoms with Gasteiger partial charge in [-0.3, -0.25) is 9.79 Å². The van der Waals surface area contributed by atoms with Crippen molar-refractivity contribution in [2.24, 2.45) is 4.99 Å². The average Bonchev–Trinajstić information content (AvgIpc) is 2.18. The molecule has 3 nitrogen and oxygen atoms in total. The summed E-state index contributed by atoms with van der Waals surface area (Å²) in [5.74, 6) is -0.922. The number of hydrogen-bond acceptors (Lipinski definition) is 2. The minimum Gasteiger partial charge on any atom is -0.480 e. The van der Waals surface area contributed by atoms with Crippen LogP contribution in [0.15, 0.2) is 41.4 Å². The molecule has 1 aromatic rings. The van der Waals surface area contributed by atoms with E-state index in [1.54, 1.807) is 6.08 Å². The summed E-state index contributed by atoms with van der Waals surface area (Å²) < 4.78 is 0. The lowest BCUT2D eigenvalue weighted by atomic mass is 10.2. The molecule has 0 saturated heterocycles. The predicted molar refractivity (Wildman–Crippen MR) is 56.5 cm³/mol. The summed E-state index contributed by atoms with van der Waals surface area (Å²) in [4.78, 5) is 13.8. The van der Waals surface area contributed by atoms with E-state index in [2.05, 4.69) is 4.99 Å². The molecule has 0 aromatic heterocycles. The first-order chi connectivity index (χ1) is 6.79. The van der Waals surface area contributed by atoms with Gasteiger partial charge in [0.25, 0.3) is 0 Å². The smallest absolute Gasteiger partial charge is 0.325 e. The normalized spacial score (nSPS) is 11.1. The zero-order chi connectivity index (χ0) is 10.2. The lowest BCUT2D eigenvalue weighted by molar-refractivity contribution is -0.135. The number of carboxylic acid groups (broad SMARTS) is 1. The van der Waals surface area contributed by atoms with Gasteiger partial charge in [0.2, 0.25) is 0 Å². The van der Waals surface area contributed by atoms with Crippen LogP contribution < -0.4 is 0 Å². The zero-order valence-corrected chi connectivity index (χ0v) is 7.63. The van der Waals surface area contributed by atoms with Gasteiger partial charge in [0.1, 0.15) is 6.54 Å². The number of nitrogens with zero attached hydrogens (tertiary/aromatic N) is 1. The summed E-state index contributed by atoms with van der Waals surface area (Å²) >= 11 is 0. The monoisotopic (exact) mass is 189 g/mol. The van der Waals surface area contributed by atoms with E-state index < -0.39 is 5.97 Å². The third-order valence-electron chi connectivity index (χ3n) is 1.51. The van der Waals surface area contributed by atoms with Gasteiger partial charge in [-0.15, -0.1) is 0 Å². The van der Waals surface area contributed by atoms with E-state index in [0.717, 1.165) is 5.56 Å². The van der Waals surface area contributed by atoms with E-state index in [1.807, 2.05) is 36.4 Å².